The molecule has 0 fully saturated rings. The van der Waals surface area contributed by atoms with Crippen LogP contribution in [0.15, 0.2) is 61.2 Å². The first-order valence-electron chi connectivity index (χ1n) is 6.82. The van der Waals surface area contributed by atoms with Crippen molar-refractivity contribution in [2.75, 3.05) is 0 Å². The highest BCUT2D eigenvalue weighted by atomic mass is 14.3. The van der Waals surface area contributed by atoms with Crippen molar-refractivity contribution in [2.45, 2.75) is 32.6 Å². The molecule has 0 heteroatoms. The number of allylic oxidation sites excluding steroid dienone is 1. The van der Waals surface area contributed by atoms with E-state index < -0.39 is 0 Å². The molecule has 0 aliphatic carbocycles. The van der Waals surface area contributed by atoms with Gasteiger partial charge >= 0.3 is 0 Å². The van der Waals surface area contributed by atoms with Gasteiger partial charge in [-0.25, -0.2) is 0 Å². The van der Waals surface area contributed by atoms with Crippen LogP contribution in [0.3, 0.4) is 0 Å². The fourth-order valence-corrected chi connectivity index (χ4v) is 2.62. The molecule has 2 aromatic carbocycles. The minimum atomic E-state index is 0.0195. The van der Waals surface area contributed by atoms with Crippen molar-refractivity contribution in [3.05, 3.63) is 83.4 Å². The van der Waals surface area contributed by atoms with Crippen LogP contribution in [0, 0.1) is 6.92 Å². The minimum absolute atomic E-state index is 0.0195. The van der Waals surface area contributed by atoms with Crippen LogP contribution >= 0.6 is 0 Å². The summed E-state index contributed by atoms with van der Waals surface area (Å²) in [6.07, 6.45) is 2.90. The summed E-state index contributed by atoms with van der Waals surface area (Å²) in [6.45, 7) is 10.6. The molecule has 0 aliphatic rings. The Morgan fingerprint density at radius 2 is 1.74 bits per heavy atom. The lowest BCUT2D eigenvalue weighted by Crippen LogP contribution is -2.21. The van der Waals surface area contributed by atoms with Gasteiger partial charge in [0.15, 0.2) is 0 Å². The van der Waals surface area contributed by atoms with E-state index in [0.717, 1.165) is 6.42 Å². The second-order valence-electron chi connectivity index (χ2n) is 5.64. The second-order valence-corrected chi connectivity index (χ2v) is 5.64. The lowest BCUT2D eigenvalue weighted by molar-refractivity contribution is 0.633. The first-order valence-corrected chi connectivity index (χ1v) is 6.82. The molecule has 0 heterocycles. The summed E-state index contributed by atoms with van der Waals surface area (Å²) in [7, 11) is 0. The summed E-state index contributed by atoms with van der Waals surface area (Å²) in [4.78, 5) is 0. The summed E-state index contributed by atoms with van der Waals surface area (Å²) < 4.78 is 0. The van der Waals surface area contributed by atoms with E-state index in [4.69, 9.17) is 0 Å². The van der Waals surface area contributed by atoms with Gasteiger partial charge in [0, 0.05) is 5.41 Å². The number of aryl methyl sites for hydroxylation is 1. The van der Waals surface area contributed by atoms with Crippen LogP contribution in [-0.2, 0) is 11.8 Å². The van der Waals surface area contributed by atoms with Crippen molar-refractivity contribution in [1.82, 2.24) is 0 Å². The van der Waals surface area contributed by atoms with Gasteiger partial charge in [-0.2, -0.15) is 0 Å². The summed E-state index contributed by atoms with van der Waals surface area (Å²) in [6, 6.07) is 17.4. The molecule has 2 aromatic rings. The molecule has 0 nitrogen and oxygen atoms in total. The standard InChI is InChI=1S/C19H22/c1-5-9-16-13-12-15(2)14-18(16)19(3,4)17-10-7-6-8-11-17/h5-8,10-14H,1,9H2,2-4H3. The normalized spacial score (nSPS) is 11.3. The smallest absolute Gasteiger partial charge is 0.0149 e. The zero-order chi connectivity index (χ0) is 13.9. The van der Waals surface area contributed by atoms with Gasteiger partial charge in [-0.05, 0) is 30.0 Å². The summed E-state index contributed by atoms with van der Waals surface area (Å²) in [5, 5.41) is 0. The molecule has 0 spiro atoms. The lowest BCUT2D eigenvalue weighted by Gasteiger charge is -2.29. The maximum absolute atomic E-state index is 3.87. The van der Waals surface area contributed by atoms with Crippen LogP contribution < -0.4 is 0 Å². The van der Waals surface area contributed by atoms with Gasteiger partial charge in [-0.3, -0.25) is 0 Å². The van der Waals surface area contributed by atoms with Gasteiger partial charge in [0.25, 0.3) is 0 Å². The Bertz CT molecular complexity index is 562. The first kappa shape index (κ1) is 13.6. The molecule has 0 unspecified atom stereocenters. The Labute approximate surface area is 116 Å². The number of rotatable bonds is 4. The first-order chi connectivity index (χ1) is 9.05. The van der Waals surface area contributed by atoms with Crippen LogP contribution in [-0.4, -0.2) is 0 Å². The lowest BCUT2D eigenvalue weighted by atomic mass is 9.75. The second kappa shape index (κ2) is 5.44. The Hall–Kier alpha value is -1.82. The van der Waals surface area contributed by atoms with Gasteiger partial charge < -0.3 is 0 Å². The largest absolute Gasteiger partial charge is 0.103 e. The van der Waals surface area contributed by atoms with Crippen LogP contribution in [0.1, 0.15) is 36.1 Å². The van der Waals surface area contributed by atoms with E-state index in [9.17, 15) is 0 Å². The summed E-state index contributed by atoms with van der Waals surface area (Å²) in [5.74, 6) is 0. The van der Waals surface area contributed by atoms with Crippen molar-refractivity contribution in [1.29, 1.82) is 0 Å². The van der Waals surface area contributed by atoms with Crippen molar-refractivity contribution < 1.29 is 0 Å². The van der Waals surface area contributed by atoms with Crippen LogP contribution in [0.5, 0.6) is 0 Å². The molecule has 0 saturated carbocycles. The van der Waals surface area contributed by atoms with Crippen LogP contribution in [0.25, 0.3) is 0 Å². The fourth-order valence-electron chi connectivity index (χ4n) is 2.62. The molecule has 0 N–H and O–H groups in total. The Balaban J connectivity index is 2.56. The van der Waals surface area contributed by atoms with Crippen LogP contribution in [0.4, 0.5) is 0 Å². The van der Waals surface area contributed by atoms with Crippen molar-refractivity contribution in [3.63, 3.8) is 0 Å². The minimum Gasteiger partial charge on any atom is -0.103 e. The highest BCUT2D eigenvalue weighted by molar-refractivity contribution is 5.44. The predicted molar refractivity (Wildman–Crippen MR) is 83.7 cm³/mol. The maximum Gasteiger partial charge on any atom is 0.0149 e. The number of benzene rings is 2. The molecular weight excluding hydrogens is 228 g/mol. The molecule has 0 radical (unpaired) electrons. The van der Waals surface area contributed by atoms with Crippen LogP contribution in [0.2, 0.25) is 0 Å². The SMILES string of the molecule is C=CCc1ccc(C)cc1C(C)(C)c1ccccc1. The molecular formula is C19H22. The third kappa shape index (κ3) is 2.78. The van der Waals surface area contributed by atoms with E-state index in [2.05, 4.69) is 75.9 Å². The van der Waals surface area contributed by atoms with E-state index in [-0.39, 0.29) is 5.41 Å². The van der Waals surface area contributed by atoms with Gasteiger partial charge in [-0.1, -0.05) is 74.0 Å². The maximum atomic E-state index is 3.87. The van der Waals surface area contributed by atoms with Gasteiger partial charge in [0.1, 0.15) is 0 Å². The van der Waals surface area contributed by atoms with E-state index in [0.29, 0.717) is 0 Å². The molecule has 0 bridgehead atoms. The van der Waals surface area contributed by atoms with Crippen molar-refractivity contribution in [2.24, 2.45) is 0 Å². The van der Waals surface area contributed by atoms with Crippen molar-refractivity contribution in [3.8, 4) is 0 Å². The molecule has 0 aromatic heterocycles. The molecule has 0 saturated heterocycles. The summed E-state index contributed by atoms with van der Waals surface area (Å²) >= 11 is 0. The predicted octanol–water partition coefficient (Wildman–Crippen LogP) is 5.05. The van der Waals surface area contributed by atoms with E-state index in [1.807, 2.05) is 6.08 Å². The average Bonchev–Trinajstić information content (AvgIpc) is 2.42. The average molecular weight is 250 g/mol. The Morgan fingerprint density at radius 3 is 2.37 bits per heavy atom. The van der Waals surface area contributed by atoms with E-state index in [1.165, 1.54) is 22.3 Å². The Kier molecular flexibility index (Phi) is 3.90. The van der Waals surface area contributed by atoms with Gasteiger partial charge in [0.2, 0.25) is 0 Å². The highest BCUT2D eigenvalue weighted by Crippen LogP contribution is 2.34. The molecule has 19 heavy (non-hydrogen) atoms. The van der Waals surface area contributed by atoms with Gasteiger partial charge in [0.05, 0.1) is 0 Å². The zero-order valence-electron chi connectivity index (χ0n) is 12.1. The third-order valence-corrected chi connectivity index (χ3v) is 3.80. The van der Waals surface area contributed by atoms with Gasteiger partial charge in [-0.15, -0.1) is 6.58 Å². The Morgan fingerprint density at radius 1 is 1.05 bits per heavy atom. The number of hydrogen-bond donors (Lipinski definition) is 0. The topological polar surface area (TPSA) is 0 Å². The van der Waals surface area contributed by atoms with Crippen molar-refractivity contribution >= 4 is 0 Å². The summed E-state index contributed by atoms with van der Waals surface area (Å²) in [5.41, 5.74) is 5.46. The monoisotopic (exact) mass is 250 g/mol. The van der Waals surface area contributed by atoms with E-state index in [1.54, 1.807) is 0 Å². The third-order valence-electron chi connectivity index (χ3n) is 3.80. The fraction of sp³-hybridized carbons (Fsp3) is 0.263. The molecule has 2 rings (SSSR count). The zero-order valence-corrected chi connectivity index (χ0v) is 12.1. The highest BCUT2D eigenvalue weighted by Gasteiger charge is 2.25. The molecule has 0 amide bonds. The number of hydrogen-bond acceptors (Lipinski definition) is 0. The molecule has 98 valence electrons. The molecule has 0 atom stereocenters. The van der Waals surface area contributed by atoms with E-state index >= 15 is 0 Å². The quantitative estimate of drug-likeness (QED) is 0.666. The molecule has 0 aliphatic heterocycles.